The van der Waals surface area contributed by atoms with Gasteiger partial charge in [-0.1, -0.05) is 0 Å². The number of carbonyl (C=O) groups is 1. The zero-order valence-electron chi connectivity index (χ0n) is 14.9. The topological polar surface area (TPSA) is 65.8 Å². The Morgan fingerprint density at radius 3 is 2.58 bits per heavy atom. The number of fused-ring (bicyclic) bond motifs is 4. The minimum atomic E-state index is -1.29. The summed E-state index contributed by atoms with van der Waals surface area (Å²) in [5.41, 5.74) is 0.117. The van der Waals surface area contributed by atoms with E-state index >= 15 is 0 Å². The van der Waals surface area contributed by atoms with Gasteiger partial charge in [-0.25, -0.2) is 9.18 Å². The van der Waals surface area contributed by atoms with Gasteiger partial charge in [0.05, 0.1) is 11.2 Å². The van der Waals surface area contributed by atoms with E-state index in [2.05, 4.69) is 16.8 Å². The summed E-state index contributed by atoms with van der Waals surface area (Å²) >= 11 is 0. The van der Waals surface area contributed by atoms with Gasteiger partial charge < -0.3 is 14.6 Å². The van der Waals surface area contributed by atoms with Crippen molar-refractivity contribution in [3.05, 3.63) is 39.9 Å². The van der Waals surface area contributed by atoms with Gasteiger partial charge in [0.25, 0.3) is 0 Å². The molecule has 3 aliphatic heterocycles. The van der Waals surface area contributed by atoms with E-state index in [9.17, 15) is 19.1 Å². The number of likely N-dealkylation sites (N-methyl/N-ethyl adjacent to an activating group) is 1. The predicted octanol–water partition coefficient (Wildman–Crippen LogP) is 2.14. The summed E-state index contributed by atoms with van der Waals surface area (Å²) in [6.45, 7) is 4.04. The number of nitrogens with zero attached hydrogens (tertiary/aromatic N) is 3. The lowest BCUT2D eigenvalue weighted by molar-refractivity contribution is 0.0695. The van der Waals surface area contributed by atoms with Crippen molar-refractivity contribution in [2.24, 2.45) is 0 Å². The number of aromatic carboxylic acids is 1. The number of hydrogen-bond donors (Lipinski definition) is 1. The fraction of sp³-hybridized carbons (Fsp3) is 0.474. The summed E-state index contributed by atoms with van der Waals surface area (Å²) in [7, 11) is 2.10. The molecule has 2 aromatic rings. The molecule has 1 aromatic heterocycles. The van der Waals surface area contributed by atoms with Crippen molar-refractivity contribution < 1.29 is 14.3 Å². The summed E-state index contributed by atoms with van der Waals surface area (Å²) in [4.78, 5) is 28.2. The van der Waals surface area contributed by atoms with Gasteiger partial charge in [0.1, 0.15) is 11.4 Å². The van der Waals surface area contributed by atoms with Crippen LogP contribution in [-0.4, -0.2) is 52.8 Å². The second-order valence-corrected chi connectivity index (χ2v) is 7.26. The molecule has 26 heavy (non-hydrogen) atoms. The van der Waals surface area contributed by atoms with Crippen LogP contribution in [0.3, 0.4) is 0 Å². The van der Waals surface area contributed by atoms with Crippen molar-refractivity contribution in [2.75, 3.05) is 25.0 Å². The van der Waals surface area contributed by atoms with Gasteiger partial charge in [-0.2, -0.15) is 0 Å². The standard InChI is InChI=1S/C19H22FN3O3/c1-3-22-10-14(19(25)26)18(24)13-6-15(20)17(7-16(13)22)23-9-11-4-5-12(23)8-21(11)2/h6-7,10-12H,3-5,8-9H2,1-2H3,(H,25,26). The molecule has 1 N–H and O–H groups in total. The molecule has 3 fully saturated rings. The molecule has 6 nitrogen and oxygen atoms in total. The lowest BCUT2D eigenvalue weighted by atomic mass is 9.90. The second kappa shape index (κ2) is 6.09. The van der Waals surface area contributed by atoms with Gasteiger partial charge >= 0.3 is 5.97 Å². The summed E-state index contributed by atoms with van der Waals surface area (Å²) in [5, 5.41) is 9.37. The molecular formula is C19H22FN3O3. The number of carboxylic acid groups (broad SMARTS) is 1. The van der Waals surface area contributed by atoms with Gasteiger partial charge in [-0.3, -0.25) is 9.69 Å². The average molecular weight is 359 g/mol. The van der Waals surface area contributed by atoms with E-state index in [1.54, 1.807) is 10.6 Å². The summed E-state index contributed by atoms with van der Waals surface area (Å²) < 4.78 is 16.6. The Kier molecular flexibility index (Phi) is 3.99. The molecule has 1 aromatic carbocycles. The number of hydrogen-bond acceptors (Lipinski definition) is 4. The summed E-state index contributed by atoms with van der Waals surface area (Å²) in [6, 6.07) is 3.59. The predicted molar refractivity (Wildman–Crippen MR) is 97.6 cm³/mol. The third-order valence-electron chi connectivity index (χ3n) is 5.83. The summed E-state index contributed by atoms with van der Waals surface area (Å²) in [5.74, 6) is -1.75. The van der Waals surface area contributed by atoms with E-state index in [1.807, 2.05) is 6.92 Å². The van der Waals surface area contributed by atoms with Crippen molar-refractivity contribution in [3.63, 3.8) is 0 Å². The molecule has 138 valence electrons. The minimum absolute atomic E-state index is 0.118. The molecule has 0 saturated carbocycles. The van der Waals surface area contributed by atoms with Crippen LogP contribution in [0.15, 0.2) is 23.1 Å². The van der Waals surface area contributed by atoms with Crippen molar-refractivity contribution in [1.82, 2.24) is 9.47 Å². The number of pyridine rings is 1. The first-order chi connectivity index (χ1) is 12.4. The lowest BCUT2D eigenvalue weighted by Gasteiger charge is -2.51. The smallest absolute Gasteiger partial charge is 0.341 e. The molecule has 7 heteroatoms. The maximum atomic E-state index is 14.9. The number of halogens is 1. The number of rotatable bonds is 3. The van der Waals surface area contributed by atoms with Crippen molar-refractivity contribution in [1.29, 1.82) is 0 Å². The fourth-order valence-electron chi connectivity index (χ4n) is 4.37. The van der Waals surface area contributed by atoms with Crippen molar-refractivity contribution in [2.45, 2.75) is 38.4 Å². The third kappa shape index (κ3) is 2.49. The molecule has 5 rings (SSSR count). The van der Waals surface area contributed by atoms with Crippen LogP contribution in [0.4, 0.5) is 10.1 Å². The quantitative estimate of drug-likeness (QED) is 0.910. The van der Waals surface area contributed by atoms with Gasteiger partial charge in [0, 0.05) is 43.3 Å². The Balaban J connectivity index is 1.88. The first-order valence-corrected chi connectivity index (χ1v) is 8.97. The van der Waals surface area contributed by atoms with Crippen LogP contribution in [-0.2, 0) is 6.54 Å². The average Bonchev–Trinajstić information content (AvgIpc) is 2.62. The highest BCUT2D eigenvalue weighted by molar-refractivity contribution is 5.93. The zero-order valence-corrected chi connectivity index (χ0v) is 14.9. The molecule has 2 bridgehead atoms. The highest BCUT2D eigenvalue weighted by Crippen LogP contribution is 2.34. The van der Waals surface area contributed by atoms with Crippen LogP contribution in [0.1, 0.15) is 30.1 Å². The van der Waals surface area contributed by atoms with Crippen molar-refractivity contribution in [3.8, 4) is 0 Å². The van der Waals surface area contributed by atoms with Gasteiger partial charge in [-0.15, -0.1) is 0 Å². The van der Waals surface area contributed by atoms with Gasteiger partial charge in [-0.05, 0) is 38.9 Å². The number of carboxylic acids is 1. The summed E-state index contributed by atoms with van der Waals surface area (Å²) in [6.07, 6.45) is 3.50. The Labute approximate surface area is 150 Å². The van der Waals surface area contributed by atoms with Crippen molar-refractivity contribution >= 4 is 22.6 Å². The molecule has 3 saturated heterocycles. The van der Waals surface area contributed by atoms with E-state index in [4.69, 9.17) is 0 Å². The first kappa shape index (κ1) is 17.0. The number of anilines is 1. The monoisotopic (exact) mass is 359 g/mol. The largest absolute Gasteiger partial charge is 0.477 e. The zero-order chi connectivity index (χ0) is 18.6. The molecule has 4 heterocycles. The third-order valence-corrected chi connectivity index (χ3v) is 5.83. The fourth-order valence-corrected chi connectivity index (χ4v) is 4.37. The Morgan fingerprint density at radius 1 is 1.27 bits per heavy atom. The van der Waals surface area contributed by atoms with Gasteiger partial charge in [0.15, 0.2) is 0 Å². The maximum absolute atomic E-state index is 14.9. The Bertz CT molecular complexity index is 955. The van der Waals surface area contributed by atoms with E-state index in [0.29, 0.717) is 23.8 Å². The van der Waals surface area contributed by atoms with E-state index in [-0.39, 0.29) is 17.0 Å². The molecule has 0 spiro atoms. The van der Waals surface area contributed by atoms with Crippen LogP contribution in [0.5, 0.6) is 0 Å². The minimum Gasteiger partial charge on any atom is -0.477 e. The lowest BCUT2D eigenvalue weighted by Crippen LogP contribution is -2.61. The van der Waals surface area contributed by atoms with E-state index in [1.165, 1.54) is 12.3 Å². The molecule has 0 aliphatic carbocycles. The molecule has 0 amide bonds. The van der Waals surface area contributed by atoms with E-state index < -0.39 is 17.2 Å². The van der Waals surface area contributed by atoms with Crippen LogP contribution in [0, 0.1) is 5.82 Å². The number of aryl methyl sites for hydroxylation is 1. The Hall–Kier alpha value is -2.41. The Morgan fingerprint density at radius 2 is 2.00 bits per heavy atom. The van der Waals surface area contributed by atoms with Crippen LogP contribution >= 0.6 is 0 Å². The molecule has 2 atom stereocenters. The highest BCUT2D eigenvalue weighted by atomic mass is 19.1. The number of piperidine rings is 2. The number of aromatic nitrogens is 1. The normalized spacial score (nSPS) is 23.0. The highest BCUT2D eigenvalue weighted by Gasteiger charge is 2.38. The maximum Gasteiger partial charge on any atom is 0.341 e. The molecular weight excluding hydrogens is 337 g/mol. The molecule has 0 radical (unpaired) electrons. The van der Waals surface area contributed by atoms with Crippen LogP contribution < -0.4 is 10.3 Å². The molecule has 2 unspecified atom stereocenters. The van der Waals surface area contributed by atoms with Crippen LogP contribution in [0.25, 0.3) is 10.9 Å². The first-order valence-electron chi connectivity index (χ1n) is 8.97. The number of benzene rings is 1. The van der Waals surface area contributed by atoms with E-state index in [0.717, 1.165) is 25.9 Å². The van der Waals surface area contributed by atoms with Gasteiger partial charge in [0.2, 0.25) is 5.43 Å². The second-order valence-electron chi connectivity index (χ2n) is 7.26. The SMILES string of the molecule is CCn1cc(C(=O)O)c(=O)c2cc(F)c(N3CC4CCC3CN4C)cc21. The number of piperazine rings is 1. The van der Waals surface area contributed by atoms with Crippen LogP contribution in [0.2, 0.25) is 0 Å². The molecule has 3 aliphatic rings.